The Balaban J connectivity index is 1.76. The Morgan fingerprint density at radius 3 is 2.51 bits per heavy atom. The highest BCUT2D eigenvalue weighted by atomic mass is 35.5. The fraction of sp³-hybridized carbons (Fsp3) is 0.375. The van der Waals surface area contributed by atoms with Crippen LogP contribution < -0.4 is 14.4 Å². The van der Waals surface area contributed by atoms with Crippen LogP contribution in [0.5, 0.6) is 5.75 Å². The van der Waals surface area contributed by atoms with E-state index in [-0.39, 0.29) is 28.8 Å². The summed E-state index contributed by atoms with van der Waals surface area (Å²) < 4.78 is 33.2. The molecule has 9 nitrogen and oxygen atoms in total. The molecule has 0 radical (unpaired) electrons. The predicted octanol–water partition coefficient (Wildman–Crippen LogP) is 4.41. The number of carbonyl (C=O) groups is 1. The normalized spacial score (nSPS) is 18.2. The van der Waals surface area contributed by atoms with Gasteiger partial charge in [-0.3, -0.25) is 9.89 Å². The van der Waals surface area contributed by atoms with Crippen molar-refractivity contribution < 1.29 is 17.9 Å². The maximum atomic E-state index is 13.2. The van der Waals surface area contributed by atoms with Crippen LogP contribution in [0.25, 0.3) is 11.3 Å². The fourth-order valence-corrected chi connectivity index (χ4v) is 5.27. The standard InChI is InChI=1S/C24H28ClN5O4S/c1-14(2)34-21-13-17(7-9-19(21)25)20-10-8-18(23(27-20)30-15(3)5-6-16(30)4)24(31)29-35(32,33)22-11-12-26-28-22/h7-16H,5-6H2,1-4H3,(H,26,28)(H,29,31)/t15-,16+. The largest absolute Gasteiger partial charge is 0.489 e. The Hall–Kier alpha value is -3.11. The first-order chi connectivity index (χ1) is 16.6. The summed E-state index contributed by atoms with van der Waals surface area (Å²) >= 11 is 6.30. The summed E-state index contributed by atoms with van der Waals surface area (Å²) in [5.74, 6) is 0.205. The van der Waals surface area contributed by atoms with Gasteiger partial charge in [-0.25, -0.2) is 9.71 Å². The molecule has 0 unspecified atom stereocenters. The molecule has 1 aliphatic rings. The van der Waals surface area contributed by atoms with Crippen LogP contribution in [0.3, 0.4) is 0 Å². The third kappa shape index (κ3) is 5.28. The van der Waals surface area contributed by atoms with E-state index in [4.69, 9.17) is 21.3 Å². The Labute approximate surface area is 209 Å². The summed E-state index contributed by atoms with van der Waals surface area (Å²) in [5, 5.41) is 6.31. The lowest BCUT2D eigenvalue weighted by Gasteiger charge is -2.29. The number of halogens is 1. The van der Waals surface area contributed by atoms with E-state index in [1.807, 2.05) is 26.0 Å². The van der Waals surface area contributed by atoms with Gasteiger partial charge >= 0.3 is 0 Å². The van der Waals surface area contributed by atoms with Crippen LogP contribution >= 0.6 is 11.6 Å². The van der Waals surface area contributed by atoms with Gasteiger partial charge in [0.25, 0.3) is 15.9 Å². The first-order valence-corrected chi connectivity index (χ1v) is 13.3. The van der Waals surface area contributed by atoms with E-state index in [1.165, 1.54) is 12.3 Å². The summed E-state index contributed by atoms with van der Waals surface area (Å²) in [7, 11) is -4.11. The second-order valence-corrected chi connectivity index (χ2v) is 11.0. The Morgan fingerprint density at radius 2 is 1.89 bits per heavy atom. The number of pyridine rings is 1. The lowest BCUT2D eigenvalue weighted by Crippen LogP contribution is -2.37. The molecule has 0 aliphatic carbocycles. The van der Waals surface area contributed by atoms with Crippen molar-refractivity contribution >= 4 is 33.3 Å². The van der Waals surface area contributed by atoms with Crippen LogP contribution in [-0.4, -0.2) is 47.7 Å². The highest BCUT2D eigenvalue weighted by Gasteiger charge is 2.33. The number of rotatable bonds is 7. The van der Waals surface area contributed by atoms with E-state index in [0.29, 0.717) is 22.3 Å². The molecule has 1 amide bonds. The molecule has 186 valence electrons. The number of amides is 1. The number of ether oxygens (including phenoxy) is 1. The van der Waals surface area contributed by atoms with Crippen LogP contribution in [0.15, 0.2) is 47.6 Å². The first-order valence-electron chi connectivity index (χ1n) is 11.4. The first kappa shape index (κ1) is 25.0. The number of aromatic nitrogens is 3. The van der Waals surface area contributed by atoms with Gasteiger partial charge in [0.1, 0.15) is 11.6 Å². The molecule has 2 aromatic heterocycles. The molecule has 3 aromatic rings. The Kier molecular flexibility index (Phi) is 7.05. The van der Waals surface area contributed by atoms with Crippen molar-refractivity contribution in [1.82, 2.24) is 19.9 Å². The highest BCUT2D eigenvalue weighted by Crippen LogP contribution is 2.35. The number of sulfonamides is 1. The minimum atomic E-state index is -4.11. The van der Waals surface area contributed by atoms with E-state index in [0.717, 1.165) is 18.4 Å². The van der Waals surface area contributed by atoms with Crippen LogP contribution in [-0.2, 0) is 10.0 Å². The van der Waals surface area contributed by atoms with Crippen LogP contribution in [0.1, 0.15) is 50.9 Å². The second kappa shape index (κ2) is 9.87. The van der Waals surface area contributed by atoms with Crippen molar-refractivity contribution in [1.29, 1.82) is 0 Å². The van der Waals surface area contributed by atoms with Gasteiger partial charge in [0.2, 0.25) is 0 Å². The van der Waals surface area contributed by atoms with Crippen LogP contribution in [0.2, 0.25) is 5.02 Å². The molecule has 0 saturated carbocycles. The van der Waals surface area contributed by atoms with Crippen molar-refractivity contribution in [3.63, 3.8) is 0 Å². The summed E-state index contributed by atoms with van der Waals surface area (Å²) in [6.07, 6.45) is 3.13. The molecule has 0 spiro atoms. The number of hydrogen-bond acceptors (Lipinski definition) is 7. The average Bonchev–Trinajstić information content (AvgIpc) is 3.45. The Bertz CT molecular complexity index is 1320. The molecule has 1 aromatic carbocycles. The van der Waals surface area contributed by atoms with Gasteiger partial charge in [-0.05, 0) is 70.9 Å². The number of aromatic amines is 1. The molecule has 2 N–H and O–H groups in total. The van der Waals surface area contributed by atoms with Crippen LogP contribution in [0, 0.1) is 0 Å². The number of carbonyl (C=O) groups excluding carboxylic acids is 1. The van der Waals surface area contributed by atoms with Gasteiger partial charge in [-0.15, -0.1) is 0 Å². The lowest BCUT2D eigenvalue weighted by atomic mass is 10.1. The zero-order valence-electron chi connectivity index (χ0n) is 19.9. The van der Waals surface area contributed by atoms with Crippen molar-refractivity contribution in [3.05, 3.63) is 53.2 Å². The molecule has 11 heteroatoms. The predicted molar refractivity (Wildman–Crippen MR) is 134 cm³/mol. The second-order valence-electron chi connectivity index (χ2n) is 8.92. The summed E-state index contributed by atoms with van der Waals surface area (Å²) in [4.78, 5) is 20.1. The zero-order valence-corrected chi connectivity index (χ0v) is 21.5. The third-order valence-electron chi connectivity index (χ3n) is 5.90. The van der Waals surface area contributed by atoms with Gasteiger partial charge in [0.05, 0.1) is 28.6 Å². The zero-order chi connectivity index (χ0) is 25.3. The van der Waals surface area contributed by atoms with Crippen molar-refractivity contribution in [2.45, 2.75) is 63.8 Å². The van der Waals surface area contributed by atoms with Gasteiger partial charge in [0, 0.05) is 17.6 Å². The van der Waals surface area contributed by atoms with E-state index in [2.05, 4.69) is 33.7 Å². The minimum absolute atomic E-state index is 0.0551. The topological polar surface area (TPSA) is 117 Å². The fourth-order valence-electron chi connectivity index (χ4n) is 4.23. The number of nitrogens with one attached hydrogen (secondary N) is 2. The number of hydrogen-bond donors (Lipinski definition) is 2. The minimum Gasteiger partial charge on any atom is -0.489 e. The molecule has 4 rings (SSSR count). The molecular weight excluding hydrogens is 490 g/mol. The molecule has 35 heavy (non-hydrogen) atoms. The van der Waals surface area contributed by atoms with E-state index >= 15 is 0 Å². The molecule has 1 fully saturated rings. The quantitative estimate of drug-likeness (QED) is 0.476. The highest BCUT2D eigenvalue weighted by molar-refractivity contribution is 7.90. The molecular formula is C24H28ClN5O4S. The Morgan fingerprint density at radius 1 is 1.17 bits per heavy atom. The molecule has 0 bridgehead atoms. The number of H-pyrrole nitrogens is 1. The van der Waals surface area contributed by atoms with Gasteiger partial charge in [-0.1, -0.05) is 17.7 Å². The summed E-state index contributed by atoms with van der Waals surface area (Å²) in [5.41, 5.74) is 1.55. The summed E-state index contributed by atoms with van der Waals surface area (Å²) in [6, 6.07) is 10.2. The SMILES string of the molecule is CC(C)Oc1cc(-c2ccc(C(=O)NS(=O)(=O)c3ccn[nH]3)c(N3[C@H](C)CC[C@@H]3C)n2)ccc1Cl. The monoisotopic (exact) mass is 517 g/mol. The number of anilines is 1. The third-order valence-corrected chi connectivity index (χ3v) is 7.47. The van der Waals surface area contributed by atoms with Crippen molar-refractivity contribution in [2.75, 3.05) is 4.90 Å². The van der Waals surface area contributed by atoms with Gasteiger partial charge < -0.3 is 9.64 Å². The molecule has 2 atom stereocenters. The number of nitrogens with zero attached hydrogens (tertiary/aromatic N) is 3. The smallest absolute Gasteiger partial charge is 0.281 e. The van der Waals surface area contributed by atoms with E-state index < -0.39 is 15.9 Å². The van der Waals surface area contributed by atoms with Gasteiger partial charge in [-0.2, -0.15) is 13.5 Å². The van der Waals surface area contributed by atoms with Crippen molar-refractivity contribution in [3.8, 4) is 17.0 Å². The van der Waals surface area contributed by atoms with Crippen LogP contribution in [0.4, 0.5) is 5.82 Å². The van der Waals surface area contributed by atoms with Gasteiger partial charge in [0.15, 0.2) is 5.03 Å². The lowest BCUT2D eigenvalue weighted by molar-refractivity contribution is 0.0981. The maximum Gasteiger partial charge on any atom is 0.281 e. The van der Waals surface area contributed by atoms with Crippen molar-refractivity contribution in [2.24, 2.45) is 0 Å². The number of benzene rings is 1. The summed E-state index contributed by atoms with van der Waals surface area (Å²) in [6.45, 7) is 7.97. The van der Waals surface area contributed by atoms with E-state index in [1.54, 1.807) is 18.2 Å². The van der Waals surface area contributed by atoms with E-state index in [9.17, 15) is 13.2 Å². The maximum absolute atomic E-state index is 13.2. The molecule has 1 saturated heterocycles. The molecule has 1 aliphatic heterocycles. The molecule has 3 heterocycles. The average molecular weight is 518 g/mol.